The lowest BCUT2D eigenvalue weighted by Crippen LogP contribution is -2.35. The minimum absolute atomic E-state index is 0.0602. The van der Waals surface area contributed by atoms with Crippen LogP contribution in [0.15, 0.2) is 12.1 Å². The molecule has 0 aliphatic heterocycles. The smallest absolute Gasteiger partial charge is 0.338 e. The predicted octanol–water partition coefficient (Wildman–Crippen LogP) is 1.47. The van der Waals surface area contributed by atoms with Crippen molar-refractivity contribution in [1.82, 2.24) is 4.90 Å². The van der Waals surface area contributed by atoms with Crippen molar-refractivity contribution in [3.63, 3.8) is 0 Å². The Morgan fingerprint density at radius 1 is 1.33 bits per heavy atom. The second kappa shape index (κ2) is 6.40. The SMILES string of the molecule is CN(C)C(=O)CN(C)c1c(Cl)cc([N+](=O)[O-])cc1C(=O)O. The molecule has 8 nitrogen and oxygen atoms in total. The molecular formula is C12H14ClN3O5. The molecule has 9 heteroatoms. The molecule has 0 saturated carbocycles. The van der Waals surface area contributed by atoms with E-state index in [1.54, 1.807) is 14.1 Å². The average molecular weight is 316 g/mol. The Morgan fingerprint density at radius 2 is 1.90 bits per heavy atom. The molecule has 1 aromatic rings. The number of carboxylic acids is 1. The van der Waals surface area contributed by atoms with Crippen LogP contribution in [0.4, 0.5) is 11.4 Å². The van der Waals surface area contributed by atoms with Gasteiger partial charge in [0.1, 0.15) is 0 Å². The molecule has 0 radical (unpaired) electrons. The first kappa shape index (κ1) is 16.7. The fourth-order valence-corrected chi connectivity index (χ4v) is 2.02. The van der Waals surface area contributed by atoms with E-state index in [1.165, 1.54) is 16.8 Å². The molecule has 0 fully saturated rings. The maximum atomic E-state index is 11.7. The van der Waals surface area contributed by atoms with Gasteiger partial charge < -0.3 is 14.9 Å². The number of aromatic carboxylic acids is 1. The number of hydrogen-bond donors (Lipinski definition) is 1. The van der Waals surface area contributed by atoms with Crippen molar-refractivity contribution in [3.05, 3.63) is 32.8 Å². The van der Waals surface area contributed by atoms with Gasteiger partial charge in [0, 0.05) is 33.3 Å². The van der Waals surface area contributed by atoms with Crippen molar-refractivity contribution in [2.24, 2.45) is 0 Å². The van der Waals surface area contributed by atoms with Gasteiger partial charge in [0.05, 0.1) is 27.7 Å². The Morgan fingerprint density at radius 3 is 2.33 bits per heavy atom. The molecular weight excluding hydrogens is 302 g/mol. The number of carbonyl (C=O) groups is 2. The van der Waals surface area contributed by atoms with Crippen molar-refractivity contribution in [1.29, 1.82) is 0 Å². The standard InChI is InChI=1S/C12H14ClN3O5/c1-14(2)10(17)6-15(3)11-8(12(18)19)4-7(16(20)21)5-9(11)13/h4-5H,6H2,1-3H3,(H,18,19). The summed E-state index contributed by atoms with van der Waals surface area (Å²) < 4.78 is 0. The van der Waals surface area contributed by atoms with Crippen LogP contribution in [0.5, 0.6) is 0 Å². The normalized spacial score (nSPS) is 10.1. The van der Waals surface area contributed by atoms with Gasteiger partial charge in [-0.25, -0.2) is 4.79 Å². The van der Waals surface area contributed by atoms with Crippen LogP contribution < -0.4 is 4.90 Å². The number of rotatable bonds is 5. The molecule has 0 atom stereocenters. The lowest BCUT2D eigenvalue weighted by molar-refractivity contribution is -0.384. The molecule has 0 bridgehead atoms. The molecule has 0 aromatic heterocycles. The van der Waals surface area contributed by atoms with Crippen molar-refractivity contribution >= 4 is 34.9 Å². The summed E-state index contributed by atoms with van der Waals surface area (Å²) in [4.78, 5) is 35.7. The maximum absolute atomic E-state index is 11.7. The summed E-state index contributed by atoms with van der Waals surface area (Å²) in [5, 5.41) is 19.8. The summed E-state index contributed by atoms with van der Waals surface area (Å²) in [5.74, 6) is -1.62. The van der Waals surface area contributed by atoms with Gasteiger partial charge in [-0.2, -0.15) is 0 Å². The first-order chi connectivity index (χ1) is 9.65. The molecule has 0 unspecified atom stereocenters. The first-order valence-electron chi connectivity index (χ1n) is 5.77. The minimum atomic E-state index is -1.36. The fourth-order valence-electron chi connectivity index (χ4n) is 1.66. The molecule has 1 N–H and O–H groups in total. The van der Waals surface area contributed by atoms with Crippen LogP contribution in [-0.2, 0) is 4.79 Å². The Hall–Kier alpha value is -2.35. The quantitative estimate of drug-likeness (QED) is 0.651. The third-order valence-electron chi connectivity index (χ3n) is 2.74. The number of nitro benzene ring substituents is 1. The van der Waals surface area contributed by atoms with Crippen LogP contribution in [-0.4, -0.2) is 54.5 Å². The highest BCUT2D eigenvalue weighted by Gasteiger charge is 2.23. The molecule has 114 valence electrons. The number of anilines is 1. The largest absolute Gasteiger partial charge is 0.478 e. The zero-order valence-corrected chi connectivity index (χ0v) is 12.4. The number of nitrogens with zero attached hydrogens (tertiary/aromatic N) is 3. The highest BCUT2D eigenvalue weighted by molar-refractivity contribution is 6.34. The molecule has 0 spiro atoms. The van der Waals surface area contributed by atoms with Crippen molar-refractivity contribution in [2.45, 2.75) is 0 Å². The van der Waals surface area contributed by atoms with E-state index in [2.05, 4.69) is 0 Å². The number of nitro groups is 1. The molecule has 0 heterocycles. The van der Waals surface area contributed by atoms with Crippen LogP contribution in [0.2, 0.25) is 5.02 Å². The van der Waals surface area contributed by atoms with Crippen LogP contribution in [0.1, 0.15) is 10.4 Å². The van der Waals surface area contributed by atoms with E-state index in [9.17, 15) is 24.8 Å². The number of likely N-dealkylation sites (N-methyl/N-ethyl adjacent to an activating group) is 2. The lowest BCUT2D eigenvalue weighted by atomic mass is 10.1. The van der Waals surface area contributed by atoms with Gasteiger partial charge in [0.25, 0.3) is 5.69 Å². The number of non-ortho nitro benzene ring substituents is 1. The van der Waals surface area contributed by atoms with E-state index in [0.717, 1.165) is 12.1 Å². The molecule has 1 aromatic carbocycles. The lowest BCUT2D eigenvalue weighted by Gasteiger charge is -2.23. The second-order valence-electron chi connectivity index (χ2n) is 4.53. The van der Waals surface area contributed by atoms with Crippen molar-refractivity contribution in [2.75, 3.05) is 32.6 Å². The second-order valence-corrected chi connectivity index (χ2v) is 4.94. The zero-order valence-electron chi connectivity index (χ0n) is 11.7. The summed E-state index contributed by atoms with van der Waals surface area (Å²) in [6, 6.07) is 1.97. The van der Waals surface area contributed by atoms with Crippen molar-refractivity contribution < 1.29 is 19.6 Å². The van der Waals surface area contributed by atoms with E-state index in [1.807, 2.05) is 0 Å². The van der Waals surface area contributed by atoms with Gasteiger partial charge in [-0.15, -0.1) is 0 Å². The summed E-state index contributed by atoms with van der Waals surface area (Å²) in [5.41, 5.74) is -0.693. The molecule has 0 aliphatic rings. The number of benzene rings is 1. The van der Waals surface area contributed by atoms with Crippen LogP contribution in [0.3, 0.4) is 0 Å². The maximum Gasteiger partial charge on any atom is 0.338 e. The van der Waals surface area contributed by atoms with Gasteiger partial charge in [0.2, 0.25) is 5.91 Å². The summed E-state index contributed by atoms with van der Waals surface area (Å²) in [7, 11) is 4.61. The predicted molar refractivity (Wildman–Crippen MR) is 77.0 cm³/mol. The minimum Gasteiger partial charge on any atom is -0.478 e. The molecule has 0 aliphatic carbocycles. The highest BCUT2D eigenvalue weighted by atomic mass is 35.5. The Labute approximate surface area is 125 Å². The number of halogens is 1. The number of amides is 1. The monoisotopic (exact) mass is 315 g/mol. The number of carboxylic acid groups (broad SMARTS) is 1. The molecule has 1 rings (SSSR count). The third kappa shape index (κ3) is 3.82. The highest BCUT2D eigenvalue weighted by Crippen LogP contribution is 2.33. The summed E-state index contributed by atoms with van der Waals surface area (Å²) in [6.45, 7) is -0.106. The van der Waals surface area contributed by atoms with E-state index >= 15 is 0 Å². The molecule has 0 saturated heterocycles. The summed E-state index contributed by atoms with van der Waals surface area (Å²) >= 11 is 5.95. The van der Waals surface area contributed by atoms with E-state index in [-0.39, 0.29) is 28.7 Å². The van der Waals surface area contributed by atoms with E-state index in [4.69, 9.17) is 11.6 Å². The zero-order chi connectivity index (χ0) is 16.3. The molecule has 1 amide bonds. The Bertz CT molecular complexity index is 603. The third-order valence-corrected chi connectivity index (χ3v) is 3.03. The molecule has 21 heavy (non-hydrogen) atoms. The summed E-state index contributed by atoms with van der Waals surface area (Å²) in [6.07, 6.45) is 0. The topological polar surface area (TPSA) is 104 Å². The van der Waals surface area contributed by atoms with Gasteiger partial charge >= 0.3 is 5.97 Å². The van der Waals surface area contributed by atoms with Crippen molar-refractivity contribution in [3.8, 4) is 0 Å². The van der Waals surface area contributed by atoms with E-state index in [0.29, 0.717) is 0 Å². The van der Waals surface area contributed by atoms with Crippen LogP contribution in [0.25, 0.3) is 0 Å². The van der Waals surface area contributed by atoms with Gasteiger partial charge in [-0.05, 0) is 0 Å². The van der Waals surface area contributed by atoms with Crippen LogP contribution >= 0.6 is 11.6 Å². The number of carbonyl (C=O) groups excluding carboxylic acids is 1. The Balaban J connectivity index is 3.31. The Kier molecular flexibility index (Phi) is 5.09. The van der Waals surface area contributed by atoms with Crippen LogP contribution in [0, 0.1) is 10.1 Å². The number of hydrogen-bond acceptors (Lipinski definition) is 5. The van der Waals surface area contributed by atoms with E-state index < -0.39 is 16.6 Å². The average Bonchev–Trinajstić information content (AvgIpc) is 2.36. The van der Waals surface area contributed by atoms with Gasteiger partial charge in [0.15, 0.2) is 0 Å². The van der Waals surface area contributed by atoms with Gasteiger partial charge in [-0.1, -0.05) is 11.6 Å². The first-order valence-corrected chi connectivity index (χ1v) is 6.15. The van der Waals surface area contributed by atoms with Gasteiger partial charge in [-0.3, -0.25) is 14.9 Å². The fraction of sp³-hybridized carbons (Fsp3) is 0.333.